The molecular formula is C20H25N5O2S. The second-order valence-electron chi connectivity index (χ2n) is 7.07. The van der Waals surface area contributed by atoms with E-state index in [1.165, 1.54) is 0 Å². The van der Waals surface area contributed by atoms with Crippen molar-refractivity contribution >= 4 is 28.4 Å². The minimum Gasteiger partial charge on any atom is -0.351 e. The van der Waals surface area contributed by atoms with E-state index in [9.17, 15) is 9.59 Å². The van der Waals surface area contributed by atoms with E-state index in [4.69, 9.17) is 0 Å². The number of hydrogen-bond acceptors (Lipinski definition) is 5. The summed E-state index contributed by atoms with van der Waals surface area (Å²) in [7, 11) is 0. The number of H-pyrrole nitrogens is 1. The molecule has 0 atom stereocenters. The largest absolute Gasteiger partial charge is 0.351 e. The van der Waals surface area contributed by atoms with E-state index in [0.29, 0.717) is 17.8 Å². The van der Waals surface area contributed by atoms with E-state index in [0.717, 1.165) is 35.8 Å². The van der Waals surface area contributed by atoms with E-state index >= 15 is 0 Å². The average molecular weight is 400 g/mol. The van der Waals surface area contributed by atoms with Crippen LogP contribution in [0.3, 0.4) is 0 Å². The zero-order chi connectivity index (χ0) is 20.1. The highest BCUT2D eigenvalue weighted by molar-refractivity contribution is 7.98. The highest BCUT2D eigenvalue weighted by Gasteiger charge is 2.13. The fraction of sp³-hybridized carbons (Fsp3) is 0.400. The van der Waals surface area contributed by atoms with Gasteiger partial charge in [-0.3, -0.25) is 9.59 Å². The molecule has 0 bridgehead atoms. The van der Waals surface area contributed by atoms with Crippen molar-refractivity contribution in [1.29, 1.82) is 0 Å². The summed E-state index contributed by atoms with van der Waals surface area (Å²) in [6, 6.07) is 8.92. The maximum atomic E-state index is 12.4. The Morgan fingerprint density at radius 1 is 1.29 bits per heavy atom. The third-order valence-electron chi connectivity index (χ3n) is 4.38. The van der Waals surface area contributed by atoms with Crippen molar-refractivity contribution in [2.24, 2.45) is 5.92 Å². The number of hydrogen-bond donors (Lipinski definition) is 2. The van der Waals surface area contributed by atoms with Gasteiger partial charge in [0.2, 0.25) is 0 Å². The number of aromatic amines is 1. The summed E-state index contributed by atoms with van der Waals surface area (Å²) in [5.74, 6) is 1.16. The Labute approximate surface area is 167 Å². The van der Waals surface area contributed by atoms with Gasteiger partial charge in [-0.1, -0.05) is 43.8 Å². The van der Waals surface area contributed by atoms with E-state index in [2.05, 4.69) is 38.9 Å². The van der Waals surface area contributed by atoms with Crippen LogP contribution in [0.25, 0.3) is 10.8 Å². The first kappa shape index (κ1) is 20.1. The number of aryl methyl sites for hydroxylation is 1. The Morgan fingerprint density at radius 3 is 2.82 bits per heavy atom. The minimum absolute atomic E-state index is 0.255. The van der Waals surface area contributed by atoms with Crippen molar-refractivity contribution in [1.82, 2.24) is 25.1 Å². The molecule has 8 heteroatoms. The van der Waals surface area contributed by atoms with Crippen LogP contribution in [-0.4, -0.2) is 38.5 Å². The number of nitrogens with zero attached hydrogens (tertiary/aromatic N) is 3. The topological polar surface area (TPSA) is 92.7 Å². The van der Waals surface area contributed by atoms with Gasteiger partial charge in [0.05, 0.1) is 0 Å². The molecule has 0 aliphatic rings. The number of nitrogens with one attached hydrogen (secondary N) is 2. The lowest BCUT2D eigenvalue weighted by Gasteiger charge is -2.11. The molecule has 2 heterocycles. The predicted molar refractivity (Wildman–Crippen MR) is 112 cm³/mol. The monoisotopic (exact) mass is 399 g/mol. The molecule has 0 spiro atoms. The van der Waals surface area contributed by atoms with Crippen molar-refractivity contribution < 1.29 is 4.79 Å². The molecule has 3 aromatic rings. The van der Waals surface area contributed by atoms with Gasteiger partial charge in [0.25, 0.3) is 11.5 Å². The smallest absolute Gasteiger partial charge is 0.267 e. The lowest BCUT2D eigenvalue weighted by Crippen LogP contribution is -2.27. The van der Waals surface area contributed by atoms with Crippen molar-refractivity contribution in [3.8, 4) is 0 Å². The van der Waals surface area contributed by atoms with Crippen LogP contribution in [0, 0.1) is 5.92 Å². The third kappa shape index (κ3) is 4.62. The molecular weight excluding hydrogens is 374 g/mol. The van der Waals surface area contributed by atoms with Gasteiger partial charge in [0.1, 0.15) is 11.5 Å². The molecule has 0 radical (unpaired) electrons. The molecule has 0 aliphatic carbocycles. The Morgan fingerprint density at radius 2 is 2.07 bits per heavy atom. The van der Waals surface area contributed by atoms with Gasteiger partial charge < -0.3 is 14.9 Å². The summed E-state index contributed by atoms with van der Waals surface area (Å²) in [6.45, 7) is 5.71. The van der Waals surface area contributed by atoms with Gasteiger partial charge in [-0.25, -0.2) is 0 Å². The van der Waals surface area contributed by atoms with Gasteiger partial charge in [-0.05, 0) is 36.1 Å². The first-order valence-corrected chi connectivity index (χ1v) is 10.6. The van der Waals surface area contributed by atoms with Gasteiger partial charge in [0, 0.05) is 24.9 Å². The molecule has 28 heavy (non-hydrogen) atoms. The van der Waals surface area contributed by atoms with Gasteiger partial charge in [0.15, 0.2) is 5.16 Å². The molecule has 2 N–H and O–H groups in total. The molecule has 1 aromatic carbocycles. The number of rotatable bonds is 8. The highest BCUT2D eigenvalue weighted by atomic mass is 32.2. The SMILES string of the molecule is CSc1nnc(CCCNC(=O)c2cc3ccccc3c(=O)[nH]2)n1CC(C)C. The Bertz CT molecular complexity index is 1020. The Hall–Kier alpha value is -2.61. The number of carbonyl (C=O) groups is 1. The Balaban J connectivity index is 1.59. The zero-order valence-corrected chi connectivity index (χ0v) is 17.2. The maximum Gasteiger partial charge on any atom is 0.267 e. The molecule has 7 nitrogen and oxygen atoms in total. The molecule has 0 fully saturated rings. The summed E-state index contributed by atoms with van der Waals surface area (Å²) < 4.78 is 2.15. The van der Waals surface area contributed by atoms with Crippen LogP contribution in [0.1, 0.15) is 36.6 Å². The first-order chi connectivity index (χ1) is 13.5. The molecule has 0 saturated carbocycles. The predicted octanol–water partition coefficient (Wildman–Crippen LogP) is 2.86. The average Bonchev–Trinajstić information content (AvgIpc) is 3.06. The minimum atomic E-state index is -0.281. The standard InChI is InChI=1S/C20H25N5O2S/c1-13(2)12-25-17(23-24-20(25)28-3)9-6-10-21-19(27)16-11-14-7-4-5-8-15(14)18(26)22-16/h4-5,7-8,11,13H,6,9-10,12H2,1-3H3,(H,21,27)(H,22,26). The summed E-state index contributed by atoms with van der Waals surface area (Å²) in [5, 5.41) is 13.6. The molecule has 3 rings (SSSR count). The van der Waals surface area contributed by atoms with Gasteiger partial charge in [-0.15, -0.1) is 10.2 Å². The highest BCUT2D eigenvalue weighted by Crippen LogP contribution is 2.16. The lowest BCUT2D eigenvalue weighted by atomic mass is 10.1. The number of pyridine rings is 1. The number of amides is 1. The summed E-state index contributed by atoms with van der Waals surface area (Å²) in [4.78, 5) is 27.2. The molecule has 0 aliphatic heterocycles. The van der Waals surface area contributed by atoms with Crippen molar-refractivity contribution in [2.45, 2.75) is 38.4 Å². The molecule has 1 amide bonds. The summed E-state index contributed by atoms with van der Waals surface area (Å²) >= 11 is 1.59. The lowest BCUT2D eigenvalue weighted by molar-refractivity contribution is 0.0948. The van der Waals surface area contributed by atoms with E-state index in [1.54, 1.807) is 30.0 Å². The number of benzene rings is 1. The second kappa shape index (κ2) is 9.05. The molecule has 2 aromatic heterocycles. The second-order valence-corrected chi connectivity index (χ2v) is 7.84. The van der Waals surface area contributed by atoms with Crippen molar-refractivity contribution in [2.75, 3.05) is 12.8 Å². The molecule has 0 unspecified atom stereocenters. The quantitative estimate of drug-likeness (QED) is 0.449. The van der Waals surface area contributed by atoms with Crippen LogP contribution >= 0.6 is 11.8 Å². The molecule has 0 saturated heterocycles. The number of aromatic nitrogens is 4. The van der Waals surface area contributed by atoms with E-state index < -0.39 is 0 Å². The van der Waals surface area contributed by atoms with Crippen LogP contribution in [0.4, 0.5) is 0 Å². The summed E-state index contributed by atoms with van der Waals surface area (Å²) in [5.41, 5.74) is 0.0194. The van der Waals surface area contributed by atoms with Crippen LogP contribution in [0.15, 0.2) is 40.3 Å². The number of fused-ring (bicyclic) bond motifs is 1. The fourth-order valence-corrected chi connectivity index (χ4v) is 3.60. The van der Waals surface area contributed by atoms with Gasteiger partial charge in [-0.2, -0.15) is 0 Å². The van der Waals surface area contributed by atoms with E-state index in [1.807, 2.05) is 18.4 Å². The normalized spacial score (nSPS) is 11.3. The van der Waals surface area contributed by atoms with Crippen LogP contribution < -0.4 is 10.9 Å². The first-order valence-electron chi connectivity index (χ1n) is 9.36. The maximum absolute atomic E-state index is 12.4. The van der Waals surface area contributed by atoms with Crippen LogP contribution in [0.5, 0.6) is 0 Å². The number of thioether (sulfide) groups is 1. The molecule has 148 valence electrons. The van der Waals surface area contributed by atoms with Crippen molar-refractivity contribution in [3.63, 3.8) is 0 Å². The zero-order valence-electron chi connectivity index (χ0n) is 16.4. The van der Waals surface area contributed by atoms with Crippen LogP contribution in [0.2, 0.25) is 0 Å². The summed E-state index contributed by atoms with van der Waals surface area (Å²) in [6.07, 6.45) is 3.47. The van der Waals surface area contributed by atoms with Crippen molar-refractivity contribution in [3.05, 3.63) is 52.2 Å². The van der Waals surface area contributed by atoms with Gasteiger partial charge >= 0.3 is 0 Å². The van der Waals surface area contributed by atoms with E-state index in [-0.39, 0.29) is 17.2 Å². The number of carbonyl (C=O) groups excluding carboxylic acids is 1. The third-order valence-corrected chi connectivity index (χ3v) is 5.05. The Kier molecular flexibility index (Phi) is 6.51. The fourth-order valence-electron chi connectivity index (χ4n) is 3.08. The van der Waals surface area contributed by atoms with Crippen LogP contribution in [-0.2, 0) is 13.0 Å².